The van der Waals surface area contributed by atoms with Gasteiger partial charge in [0.05, 0.1) is 18.2 Å². The maximum absolute atomic E-state index is 12.8. The second kappa shape index (κ2) is 4.59. The molecule has 0 saturated heterocycles. The highest BCUT2D eigenvalue weighted by molar-refractivity contribution is 5.31. The summed E-state index contributed by atoms with van der Waals surface area (Å²) in [6.45, 7) is 1.89. The van der Waals surface area contributed by atoms with Gasteiger partial charge in [0, 0.05) is 32.0 Å². The van der Waals surface area contributed by atoms with Crippen molar-refractivity contribution in [3.05, 3.63) is 23.0 Å². The van der Waals surface area contributed by atoms with Gasteiger partial charge in [-0.25, -0.2) is 0 Å². The Bertz CT molecular complexity index is 439. The van der Waals surface area contributed by atoms with Crippen LogP contribution in [0.2, 0.25) is 0 Å². The summed E-state index contributed by atoms with van der Waals surface area (Å²) >= 11 is 0. The van der Waals surface area contributed by atoms with Crippen molar-refractivity contribution >= 4 is 0 Å². The number of methoxy groups -OCH3 is 2. The Morgan fingerprint density at radius 2 is 1.83 bits per heavy atom. The first-order valence-corrected chi connectivity index (χ1v) is 5.70. The van der Waals surface area contributed by atoms with Crippen molar-refractivity contribution in [2.75, 3.05) is 14.2 Å². The van der Waals surface area contributed by atoms with E-state index in [-0.39, 0.29) is 17.9 Å². The molecule has 0 fully saturated rings. The van der Waals surface area contributed by atoms with E-state index in [9.17, 15) is 13.2 Å². The van der Waals surface area contributed by atoms with Crippen LogP contribution in [0.3, 0.4) is 0 Å². The van der Waals surface area contributed by atoms with Crippen molar-refractivity contribution in [1.82, 2.24) is 4.57 Å². The molecule has 102 valence electrons. The highest BCUT2D eigenvalue weighted by Gasteiger charge is 2.38. The minimum atomic E-state index is -4.31. The standard InChI is InChI=1S/C12H16F3NO2/c1-7-9(12(13,14)15)4-8-5-10(17-2)11(18-3)6-16(7)8/h4,10-11H,5-6H2,1-3H3. The fourth-order valence-corrected chi connectivity index (χ4v) is 2.52. The van der Waals surface area contributed by atoms with Crippen LogP contribution in [0.15, 0.2) is 6.07 Å². The number of hydrogen-bond donors (Lipinski definition) is 0. The molecular formula is C12H16F3NO2. The molecule has 0 spiro atoms. The molecule has 0 saturated carbocycles. The maximum atomic E-state index is 12.8. The van der Waals surface area contributed by atoms with E-state index in [1.165, 1.54) is 13.0 Å². The van der Waals surface area contributed by atoms with E-state index < -0.39 is 11.7 Å². The molecule has 1 aromatic heterocycles. The van der Waals surface area contributed by atoms with Gasteiger partial charge in [-0.3, -0.25) is 0 Å². The van der Waals surface area contributed by atoms with Crippen LogP contribution in [-0.4, -0.2) is 31.0 Å². The zero-order valence-electron chi connectivity index (χ0n) is 10.5. The molecule has 1 aliphatic heterocycles. The predicted octanol–water partition coefficient (Wildman–Crippen LogP) is 2.40. The smallest absolute Gasteiger partial charge is 0.378 e. The lowest BCUT2D eigenvalue weighted by Gasteiger charge is -2.31. The molecule has 3 nitrogen and oxygen atoms in total. The van der Waals surface area contributed by atoms with Gasteiger partial charge in [-0.05, 0) is 13.0 Å². The summed E-state index contributed by atoms with van der Waals surface area (Å²) in [4.78, 5) is 0. The third kappa shape index (κ3) is 2.14. The van der Waals surface area contributed by atoms with Gasteiger partial charge in [0.1, 0.15) is 6.10 Å². The monoisotopic (exact) mass is 263 g/mol. The second-order valence-corrected chi connectivity index (χ2v) is 4.50. The number of aromatic nitrogens is 1. The van der Waals surface area contributed by atoms with Gasteiger partial charge in [-0.1, -0.05) is 0 Å². The number of ether oxygens (including phenoxy) is 2. The Labute approximate surface area is 103 Å². The molecule has 0 radical (unpaired) electrons. The predicted molar refractivity (Wildman–Crippen MR) is 59.5 cm³/mol. The van der Waals surface area contributed by atoms with Gasteiger partial charge in [-0.15, -0.1) is 0 Å². The van der Waals surface area contributed by atoms with Crippen LogP contribution < -0.4 is 0 Å². The fraction of sp³-hybridized carbons (Fsp3) is 0.667. The van der Waals surface area contributed by atoms with Crippen LogP contribution in [0, 0.1) is 6.92 Å². The van der Waals surface area contributed by atoms with Crippen molar-refractivity contribution in [3.8, 4) is 0 Å². The highest BCUT2D eigenvalue weighted by atomic mass is 19.4. The second-order valence-electron chi connectivity index (χ2n) is 4.50. The number of rotatable bonds is 2. The summed E-state index contributed by atoms with van der Waals surface area (Å²) in [5.74, 6) is 0. The largest absolute Gasteiger partial charge is 0.418 e. The molecule has 6 heteroatoms. The molecule has 0 bridgehead atoms. The highest BCUT2D eigenvalue weighted by Crippen LogP contribution is 2.36. The van der Waals surface area contributed by atoms with E-state index in [1.54, 1.807) is 18.8 Å². The van der Waals surface area contributed by atoms with Crippen LogP contribution in [0.5, 0.6) is 0 Å². The van der Waals surface area contributed by atoms with Crippen LogP contribution >= 0.6 is 0 Å². The average Bonchev–Trinajstić information content (AvgIpc) is 2.64. The number of hydrogen-bond acceptors (Lipinski definition) is 2. The minimum absolute atomic E-state index is 0.196. The van der Waals surface area contributed by atoms with Crippen molar-refractivity contribution in [3.63, 3.8) is 0 Å². The van der Waals surface area contributed by atoms with E-state index in [1.807, 2.05) is 0 Å². The quantitative estimate of drug-likeness (QED) is 0.818. The van der Waals surface area contributed by atoms with Gasteiger partial charge >= 0.3 is 6.18 Å². The SMILES string of the molecule is COC1Cc2cc(C(F)(F)F)c(C)n2CC1OC. The minimum Gasteiger partial charge on any atom is -0.378 e. The lowest BCUT2D eigenvalue weighted by atomic mass is 10.0. The molecule has 18 heavy (non-hydrogen) atoms. The van der Waals surface area contributed by atoms with Gasteiger partial charge in [0.2, 0.25) is 0 Å². The number of fused-ring (bicyclic) bond motifs is 1. The van der Waals surface area contributed by atoms with Crippen molar-refractivity contribution in [2.45, 2.75) is 38.3 Å². The summed E-state index contributed by atoms with van der Waals surface area (Å²) in [6.07, 6.45) is -4.28. The lowest BCUT2D eigenvalue weighted by molar-refractivity contribution is -0.138. The molecule has 2 rings (SSSR count). The molecule has 2 heterocycles. The van der Waals surface area contributed by atoms with Gasteiger partial charge < -0.3 is 14.0 Å². The van der Waals surface area contributed by atoms with E-state index in [4.69, 9.17) is 9.47 Å². The summed E-state index contributed by atoms with van der Waals surface area (Å²) in [5.41, 5.74) is 0.332. The number of alkyl halides is 3. The first-order chi connectivity index (χ1) is 8.38. The Morgan fingerprint density at radius 1 is 1.22 bits per heavy atom. The van der Waals surface area contributed by atoms with Crippen LogP contribution in [0.4, 0.5) is 13.2 Å². The molecule has 0 aliphatic carbocycles. The van der Waals surface area contributed by atoms with Gasteiger partial charge in [-0.2, -0.15) is 13.2 Å². The van der Waals surface area contributed by atoms with E-state index >= 15 is 0 Å². The normalized spacial score (nSPS) is 24.1. The molecule has 0 N–H and O–H groups in total. The summed E-state index contributed by atoms with van der Waals surface area (Å²) in [5, 5.41) is 0. The topological polar surface area (TPSA) is 23.4 Å². The lowest BCUT2D eigenvalue weighted by Crippen LogP contribution is -2.40. The Kier molecular flexibility index (Phi) is 3.42. The van der Waals surface area contributed by atoms with Crippen molar-refractivity contribution in [1.29, 1.82) is 0 Å². The molecular weight excluding hydrogens is 247 g/mol. The number of nitrogens with zero attached hydrogens (tertiary/aromatic N) is 1. The van der Waals surface area contributed by atoms with Crippen LogP contribution in [0.1, 0.15) is 17.0 Å². The van der Waals surface area contributed by atoms with E-state index in [0.717, 1.165) is 0 Å². The molecule has 1 aromatic rings. The third-order valence-corrected chi connectivity index (χ3v) is 3.55. The van der Waals surface area contributed by atoms with E-state index in [0.29, 0.717) is 18.7 Å². The molecule has 0 amide bonds. The Hall–Kier alpha value is -1.01. The van der Waals surface area contributed by atoms with Crippen molar-refractivity contribution < 1.29 is 22.6 Å². The summed E-state index contributed by atoms with van der Waals surface area (Å²) < 4.78 is 50.7. The van der Waals surface area contributed by atoms with Crippen molar-refractivity contribution in [2.24, 2.45) is 0 Å². The van der Waals surface area contributed by atoms with Crippen LogP contribution in [0.25, 0.3) is 0 Å². The fourth-order valence-electron chi connectivity index (χ4n) is 2.52. The molecule has 2 unspecified atom stereocenters. The molecule has 1 aliphatic rings. The Morgan fingerprint density at radius 3 is 2.33 bits per heavy atom. The zero-order valence-corrected chi connectivity index (χ0v) is 10.5. The molecule has 0 aromatic carbocycles. The Balaban J connectivity index is 2.40. The first-order valence-electron chi connectivity index (χ1n) is 5.70. The van der Waals surface area contributed by atoms with Gasteiger partial charge in [0.25, 0.3) is 0 Å². The average molecular weight is 263 g/mol. The third-order valence-electron chi connectivity index (χ3n) is 3.55. The van der Waals surface area contributed by atoms with Crippen LogP contribution in [-0.2, 0) is 28.6 Å². The molecule has 2 atom stereocenters. The zero-order chi connectivity index (χ0) is 13.5. The van der Waals surface area contributed by atoms with Gasteiger partial charge in [0.15, 0.2) is 0 Å². The summed E-state index contributed by atoms with van der Waals surface area (Å²) in [6, 6.07) is 1.22. The summed E-state index contributed by atoms with van der Waals surface area (Å²) in [7, 11) is 3.10. The van der Waals surface area contributed by atoms with E-state index in [2.05, 4.69) is 0 Å². The first kappa shape index (κ1) is 13.4. The maximum Gasteiger partial charge on any atom is 0.418 e. The number of halogens is 3.